The normalized spacial score (nSPS) is 14.4. The standard InChI is InChI=1S/C46H62N6.C24H15B3.C24H15N3.C21H12B3N3/c1-4-7-10-13-16-19-22-25-37-28-31-43-40(34-37)49-46-51-42-30-27-36(24-21-18-15-12-9-6-3)33-39(42)47-44(51)50-41-29-26-35(23-20-17-14-11-8-5-2)32-38(41)48-45(50)52(43)46;2*1-4-10-19-16(7-1)13-22-25(19)23-14-17-8-3-6-12-21(17)27(23)24-15-18-9-2-5-11-20(18)26(22)24;1-4-10-16-13(7-1)22-19(25-16)23-15-9-3-6-12-18(15)27-21(23)24-14-8-2-5-11-17(14)26-20(22)24/h26-34H,4-25H2,1-3H3;2*1-15H;1-12H. The number of nitrogens with zero attached hydrogens (tertiary/aromatic N) is 12. The van der Waals surface area contributed by atoms with Crippen molar-refractivity contribution in [2.24, 2.45) is 15.0 Å². The lowest BCUT2D eigenvalue weighted by atomic mass is 9.02. The Morgan fingerprint density at radius 2 is 0.489 bits per heavy atom. The first-order chi connectivity index (χ1) is 65.9. The summed E-state index contributed by atoms with van der Waals surface area (Å²) < 4.78 is 14.0. The van der Waals surface area contributed by atoms with Crippen molar-refractivity contribution < 1.29 is 0 Å². The monoisotopic (exact) mass is 1720 g/mol. The average Bonchev–Trinajstić information content (AvgIpc) is 1.55. The summed E-state index contributed by atoms with van der Waals surface area (Å²) in [6.45, 7) is 8.61. The molecule has 0 atom stereocenters. The van der Waals surface area contributed by atoms with Crippen LogP contribution in [-0.4, -0.2) is 98.2 Å². The van der Waals surface area contributed by atoms with Crippen LogP contribution in [0.15, 0.2) is 322 Å². The van der Waals surface area contributed by atoms with Gasteiger partial charge in [-0.3, -0.25) is 28.2 Å². The number of hydrogen-bond donors (Lipinski definition) is 0. The Hall–Kier alpha value is -13.7. The summed E-state index contributed by atoms with van der Waals surface area (Å²) in [5.74, 6) is 2.66. The molecule has 642 valence electrons. The topological polar surface area (TPSA) is 102 Å². The van der Waals surface area contributed by atoms with Crippen LogP contribution in [0, 0.1) is 0 Å². The van der Waals surface area contributed by atoms with Crippen molar-refractivity contribution in [3.05, 3.63) is 341 Å². The van der Waals surface area contributed by atoms with Gasteiger partial charge in [0.1, 0.15) is 16.9 Å². The lowest BCUT2D eigenvalue weighted by molar-refractivity contribution is 0.589. The molecule has 0 bridgehead atoms. The van der Waals surface area contributed by atoms with E-state index in [-0.39, 0.29) is 20.1 Å². The van der Waals surface area contributed by atoms with E-state index < -0.39 is 0 Å². The van der Waals surface area contributed by atoms with Crippen LogP contribution in [-0.2, 0) is 19.3 Å². The minimum atomic E-state index is 0.161. The summed E-state index contributed by atoms with van der Waals surface area (Å²) in [4.78, 5) is 31.3. The summed E-state index contributed by atoms with van der Waals surface area (Å²) in [6, 6.07) is 106. The van der Waals surface area contributed by atoms with E-state index in [0.717, 1.165) is 86.8 Å². The molecule has 0 unspecified atom stereocenters. The average molecular weight is 1720 g/mol. The van der Waals surface area contributed by atoms with Crippen molar-refractivity contribution in [2.75, 3.05) is 0 Å². The quantitative estimate of drug-likeness (QED) is 0.0499. The van der Waals surface area contributed by atoms with Gasteiger partial charge in [-0.25, -0.2) is 28.2 Å². The van der Waals surface area contributed by atoms with Crippen LogP contribution in [0.25, 0.3) is 118 Å². The van der Waals surface area contributed by atoms with Gasteiger partial charge in [0.05, 0.1) is 66.7 Å². The number of hydrogen-bond acceptors (Lipinski definition) is 6. The second-order valence-corrected chi connectivity index (χ2v) is 38.5. The molecule has 0 spiro atoms. The molecule has 16 heterocycles. The maximum Gasteiger partial charge on any atom is 0.259 e. The Balaban J connectivity index is 0.0000000996. The summed E-state index contributed by atoms with van der Waals surface area (Å²) in [7, 11) is 0. The zero-order valence-electron chi connectivity index (χ0n) is 76.3. The molecule has 8 aliphatic heterocycles. The fraction of sp³-hybridized carbons (Fsp3) is 0.217. The summed E-state index contributed by atoms with van der Waals surface area (Å²) in [5.41, 5.74) is 37.2. The molecule has 0 saturated carbocycles. The molecule has 18 heteroatoms. The highest BCUT2D eigenvalue weighted by atomic mass is 15.3. The number of aliphatic imine (C=N–C) groups is 3. The van der Waals surface area contributed by atoms with Crippen LogP contribution >= 0.6 is 0 Å². The highest BCUT2D eigenvalue weighted by Gasteiger charge is 2.58. The van der Waals surface area contributed by atoms with E-state index in [4.69, 9.17) is 29.9 Å². The van der Waals surface area contributed by atoms with Crippen LogP contribution in [0.3, 0.4) is 0 Å². The van der Waals surface area contributed by atoms with Gasteiger partial charge in [-0.1, -0.05) is 358 Å². The van der Waals surface area contributed by atoms with Crippen molar-refractivity contribution in [1.82, 2.24) is 41.4 Å². The molecule has 0 radical (unpaired) electrons. The molecule has 0 N–H and O–H groups in total. The van der Waals surface area contributed by atoms with Gasteiger partial charge in [0.25, 0.3) is 20.1 Å². The smallest absolute Gasteiger partial charge is 0.259 e. The van der Waals surface area contributed by atoms with E-state index in [1.165, 1.54) is 254 Å². The lowest BCUT2D eigenvalue weighted by Crippen LogP contribution is -2.70. The second-order valence-electron chi connectivity index (χ2n) is 38.5. The fourth-order valence-electron chi connectivity index (χ4n) is 24.1. The molecule has 20 aromatic rings. The number of benzene rings is 12. The second kappa shape index (κ2) is 34.2. The number of fused-ring (bicyclic) bond motifs is 48. The lowest BCUT2D eigenvalue weighted by Gasteiger charge is -2.33. The number of aryl methyl sites for hydroxylation is 3. The Labute approximate surface area is 778 Å². The molecule has 8 aliphatic rings. The largest absolute Gasteiger partial charge is 0.281 e. The predicted octanol–water partition coefficient (Wildman–Crippen LogP) is 23.4. The number of imidazole rings is 3. The molecule has 8 aromatic heterocycles. The molecular weight excluding hydrogens is 1610 g/mol. The van der Waals surface area contributed by atoms with Gasteiger partial charge >= 0.3 is 0 Å². The molecular formula is C115H104B6N12. The first-order valence-corrected chi connectivity index (χ1v) is 49.7. The third-order valence-corrected chi connectivity index (χ3v) is 30.3. The Bertz CT molecular complexity index is 7510. The Kier molecular flexibility index (Phi) is 20.9. The van der Waals surface area contributed by atoms with E-state index in [9.17, 15) is 0 Å². The Morgan fingerprint density at radius 1 is 0.226 bits per heavy atom. The van der Waals surface area contributed by atoms with Gasteiger partial charge in [-0.2, -0.15) is 0 Å². The molecule has 2 saturated heterocycles. The van der Waals surface area contributed by atoms with Gasteiger partial charge in [0.2, 0.25) is 37.5 Å². The molecule has 2 fully saturated rings. The summed E-state index contributed by atoms with van der Waals surface area (Å²) in [6.07, 6.45) is 35.8. The number of aromatic nitrogens is 9. The van der Waals surface area contributed by atoms with Crippen LogP contribution in [0.5, 0.6) is 0 Å². The van der Waals surface area contributed by atoms with Crippen LogP contribution in [0.2, 0.25) is 0 Å². The van der Waals surface area contributed by atoms with E-state index in [2.05, 4.69) is 357 Å². The van der Waals surface area contributed by atoms with E-state index in [1.807, 2.05) is 0 Å². The maximum absolute atomic E-state index is 5.35. The van der Waals surface area contributed by atoms with Gasteiger partial charge in [0, 0.05) is 16.2 Å². The maximum atomic E-state index is 5.35. The first kappa shape index (κ1) is 81.3. The highest BCUT2D eigenvalue weighted by Crippen LogP contribution is 2.44. The molecule has 0 amide bonds. The molecule has 0 aliphatic carbocycles. The van der Waals surface area contributed by atoms with Crippen molar-refractivity contribution in [3.63, 3.8) is 0 Å². The predicted molar refractivity (Wildman–Crippen MR) is 569 cm³/mol. The third kappa shape index (κ3) is 13.7. The van der Waals surface area contributed by atoms with E-state index >= 15 is 0 Å². The number of unbranched alkanes of at least 4 members (excludes halogenated alkanes) is 16. The van der Waals surface area contributed by atoms with E-state index in [0.29, 0.717) is 20.1 Å². The van der Waals surface area contributed by atoms with Crippen molar-refractivity contribution in [2.45, 2.75) is 162 Å². The zero-order valence-corrected chi connectivity index (χ0v) is 76.3. The first-order valence-electron chi connectivity index (χ1n) is 49.7. The van der Waals surface area contributed by atoms with Crippen molar-refractivity contribution >= 4 is 225 Å². The minimum absolute atomic E-state index is 0.161. The zero-order chi connectivity index (χ0) is 88.3. The van der Waals surface area contributed by atoms with Gasteiger partial charge in [0.15, 0.2) is 0 Å². The highest BCUT2D eigenvalue weighted by molar-refractivity contribution is 7.66. The van der Waals surface area contributed by atoms with E-state index in [1.54, 1.807) is 16.1 Å². The van der Waals surface area contributed by atoms with Crippen LogP contribution < -0.4 is 32.8 Å². The fourth-order valence-corrected chi connectivity index (χ4v) is 24.1. The van der Waals surface area contributed by atoms with Crippen LogP contribution in [0.1, 0.15) is 176 Å². The van der Waals surface area contributed by atoms with Crippen molar-refractivity contribution in [1.29, 1.82) is 0 Å². The molecule has 12 aromatic carbocycles. The summed E-state index contributed by atoms with van der Waals surface area (Å²) >= 11 is 0. The Morgan fingerprint density at radius 3 is 0.797 bits per heavy atom. The molecule has 28 rings (SSSR count). The van der Waals surface area contributed by atoms with Crippen LogP contribution in [0.4, 0.5) is 17.1 Å². The van der Waals surface area contributed by atoms with Gasteiger partial charge in [-0.15, -0.1) is 16.1 Å². The van der Waals surface area contributed by atoms with Crippen molar-refractivity contribution in [3.8, 4) is 0 Å². The number of para-hydroxylation sites is 6. The SMILES string of the molecule is C1=C2B3C(=Cc4ccccc43)B3C(=Cc4ccccc43)B2c2ccccc21.CCCCCCCCCc1ccc2c(c1)nc1n3c4ccc(CCCCCCCC)cc4nc3n3c4ccc(CCCCCCCC)cc4nc3n21.c1ccc2c(c1)N=C1B2C2=Nc3ccccc3B2C2=Nc3ccccc3B12.c1ccc2c(c1)cc1n2c2cc3ccccc3n2c2cc3ccccc3n12. The minimum Gasteiger partial charge on any atom is -0.281 e. The molecule has 12 nitrogen and oxygen atoms in total. The third-order valence-electron chi connectivity index (χ3n) is 30.3. The van der Waals surface area contributed by atoms with Gasteiger partial charge in [-0.05, 0) is 196 Å². The number of rotatable bonds is 22. The van der Waals surface area contributed by atoms with Gasteiger partial charge < -0.3 is 0 Å². The molecule has 133 heavy (non-hydrogen) atoms. The summed E-state index contributed by atoms with van der Waals surface area (Å²) in [5, 5.41) is 8.49.